The Hall–Kier alpha value is -2.68. The number of ether oxygens (including phenoxy) is 2. The van der Waals surface area contributed by atoms with Gasteiger partial charge in [-0.2, -0.15) is 10.3 Å². The fourth-order valence-electron chi connectivity index (χ4n) is 3.61. The number of rotatable bonds is 5. The molecule has 2 fully saturated rings. The molecule has 1 aromatic carbocycles. The van der Waals surface area contributed by atoms with Crippen LogP contribution in [0.4, 0.5) is 11.4 Å². The second-order valence-corrected chi connectivity index (χ2v) is 9.52. The highest BCUT2D eigenvalue weighted by Gasteiger charge is 2.44. The molecular weight excluding hydrogens is 489 g/mol. The standard InChI is InChI=1S/C21H19Cl2N5O4S/c22-14-9-13(1-2-15(14)28-6-8-31-10-18(28)25-12-24)26-20(30)21(5-7-32-11-21)27-19(29)16-3-4-17(23)33-16/h1-4,9H,5-8,10-11H2,(H,26,30)(H,27,29)/b25-18+/t21-/m1/s1. The van der Waals surface area contributed by atoms with Gasteiger partial charge in [0.1, 0.15) is 18.0 Å². The first-order chi connectivity index (χ1) is 15.9. The number of morpholine rings is 1. The van der Waals surface area contributed by atoms with E-state index in [4.69, 9.17) is 37.9 Å². The van der Waals surface area contributed by atoms with E-state index < -0.39 is 17.4 Å². The molecule has 1 aromatic heterocycles. The van der Waals surface area contributed by atoms with Crippen LogP contribution in [0.1, 0.15) is 16.1 Å². The first-order valence-corrected chi connectivity index (χ1v) is 11.6. The van der Waals surface area contributed by atoms with E-state index >= 15 is 0 Å². The number of thiophene rings is 1. The zero-order valence-corrected chi connectivity index (χ0v) is 19.6. The molecule has 0 aliphatic carbocycles. The number of aliphatic imine (C=N–C) groups is 1. The first kappa shape index (κ1) is 23.5. The zero-order chi connectivity index (χ0) is 23.4. The van der Waals surface area contributed by atoms with Crippen LogP contribution in [0.3, 0.4) is 0 Å². The molecule has 172 valence electrons. The minimum atomic E-state index is -1.21. The van der Waals surface area contributed by atoms with Crippen molar-refractivity contribution in [1.82, 2.24) is 5.32 Å². The molecule has 0 spiro atoms. The van der Waals surface area contributed by atoms with Crippen molar-refractivity contribution in [2.75, 3.05) is 43.2 Å². The van der Waals surface area contributed by atoms with Gasteiger partial charge in [-0.25, -0.2) is 0 Å². The van der Waals surface area contributed by atoms with Gasteiger partial charge in [-0.1, -0.05) is 23.2 Å². The molecule has 33 heavy (non-hydrogen) atoms. The molecule has 2 N–H and O–H groups in total. The largest absolute Gasteiger partial charge is 0.378 e. The monoisotopic (exact) mass is 507 g/mol. The summed E-state index contributed by atoms with van der Waals surface area (Å²) in [4.78, 5) is 31.9. The van der Waals surface area contributed by atoms with Gasteiger partial charge in [0.25, 0.3) is 11.8 Å². The normalized spacial score (nSPS) is 21.6. The average molecular weight is 508 g/mol. The predicted molar refractivity (Wildman–Crippen MR) is 126 cm³/mol. The van der Waals surface area contributed by atoms with Crippen LogP contribution in [-0.2, 0) is 14.3 Å². The van der Waals surface area contributed by atoms with Crippen LogP contribution in [0.2, 0.25) is 9.36 Å². The van der Waals surface area contributed by atoms with E-state index in [0.29, 0.717) is 57.6 Å². The molecule has 2 aromatic rings. The van der Waals surface area contributed by atoms with Gasteiger partial charge in [-0.3, -0.25) is 9.59 Å². The van der Waals surface area contributed by atoms with Crippen LogP contribution in [0.5, 0.6) is 0 Å². The zero-order valence-electron chi connectivity index (χ0n) is 17.3. The number of benzene rings is 1. The summed E-state index contributed by atoms with van der Waals surface area (Å²) in [5, 5.41) is 14.9. The van der Waals surface area contributed by atoms with Gasteiger partial charge < -0.3 is 25.0 Å². The van der Waals surface area contributed by atoms with Gasteiger partial charge in [-0.05, 0) is 30.3 Å². The Morgan fingerprint density at radius 2 is 2.06 bits per heavy atom. The van der Waals surface area contributed by atoms with E-state index in [1.807, 2.05) is 0 Å². The number of nitriles is 1. The van der Waals surface area contributed by atoms with Gasteiger partial charge in [0, 0.05) is 25.3 Å². The molecule has 2 amide bonds. The smallest absolute Gasteiger partial charge is 0.262 e. The first-order valence-electron chi connectivity index (χ1n) is 9.99. The third-order valence-corrected chi connectivity index (χ3v) is 6.82. The number of amidine groups is 1. The molecule has 2 aliphatic heterocycles. The van der Waals surface area contributed by atoms with Gasteiger partial charge in [-0.15, -0.1) is 11.3 Å². The number of halogens is 2. The number of carbonyl (C=O) groups excluding carboxylic acids is 2. The van der Waals surface area contributed by atoms with Crippen molar-refractivity contribution in [3.8, 4) is 6.19 Å². The van der Waals surface area contributed by atoms with Crippen molar-refractivity contribution in [2.24, 2.45) is 4.99 Å². The van der Waals surface area contributed by atoms with E-state index in [1.165, 1.54) is 0 Å². The Kier molecular flexibility index (Phi) is 7.17. The van der Waals surface area contributed by atoms with Gasteiger partial charge in [0.2, 0.25) is 6.19 Å². The number of carbonyl (C=O) groups is 2. The SMILES string of the molecule is N#C/N=C1\COCCN1c1ccc(NC(=O)[C@@]2(NC(=O)c3ccc(Cl)s3)CCOC2)cc1Cl. The maximum Gasteiger partial charge on any atom is 0.262 e. The van der Waals surface area contributed by atoms with Crippen molar-refractivity contribution in [3.63, 3.8) is 0 Å². The van der Waals surface area contributed by atoms with Crippen molar-refractivity contribution in [1.29, 1.82) is 5.26 Å². The van der Waals surface area contributed by atoms with Crippen LogP contribution in [-0.4, -0.2) is 56.2 Å². The predicted octanol–water partition coefficient (Wildman–Crippen LogP) is 3.30. The van der Waals surface area contributed by atoms with E-state index in [9.17, 15) is 9.59 Å². The molecule has 12 heteroatoms. The van der Waals surface area contributed by atoms with Crippen LogP contribution < -0.4 is 15.5 Å². The Balaban J connectivity index is 1.51. The Bertz CT molecular complexity index is 1140. The third kappa shape index (κ3) is 5.13. The molecule has 4 rings (SSSR count). The Labute approximate surface area is 203 Å². The molecule has 0 saturated carbocycles. The molecule has 9 nitrogen and oxygen atoms in total. The van der Waals surface area contributed by atoms with E-state index in [1.54, 1.807) is 41.4 Å². The number of nitrogens with zero attached hydrogens (tertiary/aromatic N) is 3. The van der Waals surface area contributed by atoms with Gasteiger partial charge >= 0.3 is 0 Å². The minimum absolute atomic E-state index is 0.0528. The van der Waals surface area contributed by atoms with Crippen LogP contribution in [0, 0.1) is 11.5 Å². The summed E-state index contributed by atoms with van der Waals surface area (Å²) in [5.41, 5.74) is -0.107. The number of nitrogens with one attached hydrogen (secondary N) is 2. The lowest BCUT2D eigenvalue weighted by Crippen LogP contribution is -2.57. The number of hydrogen-bond acceptors (Lipinski definition) is 7. The van der Waals surface area contributed by atoms with Crippen LogP contribution >= 0.6 is 34.5 Å². The fourth-order valence-corrected chi connectivity index (χ4v) is 4.83. The van der Waals surface area contributed by atoms with Crippen LogP contribution in [0.25, 0.3) is 0 Å². The molecule has 0 unspecified atom stereocenters. The molecule has 0 bridgehead atoms. The van der Waals surface area contributed by atoms with E-state index in [2.05, 4.69) is 15.6 Å². The number of hydrogen-bond donors (Lipinski definition) is 2. The second-order valence-electron chi connectivity index (χ2n) is 7.40. The summed E-state index contributed by atoms with van der Waals surface area (Å²) in [7, 11) is 0. The van der Waals surface area contributed by atoms with Gasteiger partial charge in [0.15, 0.2) is 0 Å². The highest BCUT2D eigenvalue weighted by molar-refractivity contribution is 7.18. The van der Waals surface area contributed by atoms with Gasteiger partial charge in [0.05, 0.1) is 33.1 Å². The highest BCUT2D eigenvalue weighted by Crippen LogP contribution is 2.31. The topological polar surface area (TPSA) is 116 Å². The summed E-state index contributed by atoms with van der Waals surface area (Å²) in [6.45, 7) is 1.57. The lowest BCUT2D eigenvalue weighted by Gasteiger charge is -2.30. The molecule has 3 heterocycles. The third-order valence-electron chi connectivity index (χ3n) is 5.28. The van der Waals surface area contributed by atoms with Crippen LogP contribution in [0.15, 0.2) is 35.3 Å². The summed E-state index contributed by atoms with van der Waals surface area (Å²) in [6, 6.07) is 8.28. The fraction of sp³-hybridized carbons (Fsp3) is 0.333. The van der Waals surface area contributed by atoms with E-state index in [-0.39, 0.29) is 13.2 Å². The second kappa shape index (κ2) is 10.1. The quantitative estimate of drug-likeness (QED) is 0.599. The molecule has 0 radical (unpaired) electrons. The molecule has 2 aliphatic rings. The van der Waals surface area contributed by atoms with E-state index in [0.717, 1.165) is 11.3 Å². The molecule has 2 saturated heterocycles. The number of anilines is 2. The maximum atomic E-state index is 13.2. The average Bonchev–Trinajstić information content (AvgIpc) is 3.45. The lowest BCUT2D eigenvalue weighted by molar-refractivity contribution is -0.122. The minimum Gasteiger partial charge on any atom is -0.378 e. The summed E-state index contributed by atoms with van der Waals surface area (Å²) >= 11 is 13.6. The van der Waals surface area contributed by atoms with Crippen molar-refractivity contribution < 1.29 is 19.1 Å². The van der Waals surface area contributed by atoms with Crippen molar-refractivity contribution in [2.45, 2.75) is 12.0 Å². The Morgan fingerprint density at radius 3 is 2.73 bits per heavy atom. The number of amides is 2. The van der Waals surface area contributed by atoms with Crippen molar-refractivity contribution >= 4 is 63.6 Å². The Morgan fingerprint density at radius 1 is 1.21 bits per heavy atom. The van der Waals surface area contributed by atoms with Crippen molar-refractivity contribution in [3.05, 3.63) is 44.6 Å². The highest BCUT2D eigenvalue weighted by atomic mass is 35.5. The lowest BCUT2D eigenvalue weighted by atomic mass is 9.97. The molecular formula is C21H19Cl2N5O4S. The maximum absolute atomic E-state index is 13.2. The summed E-state index contributed by atoms with van der Waals surface area (Å²) in [6.07, 6.45) is 2.10. The summed E-state index contributed by atoms with van der Waals surface area (Å²) in [5.74, 6) is -0.337. The summed E-state index contributed by atoms with van der Waals surface area (Å²) < 4.78 is 11.3. The molecule has 1 atom stereocenters.